The lowest BCUT2D eigenvalue weighted by Gasteiger charge is -2.35. The van der Waals surface area contributed by atoms with Crippen LogP contribution in [-0.4, -0.2) is 37.1 Å². The molecular weight excluding hydrogens is 196 g/mol. The summed E-state index contributed by atoms with van der Waals surface area (Å²) in [5, 5.41) is 3.50. The van der Waals surface area contributed by atoms with E-state index in [-0.39, 0.29) is 0 Å². The maximum absolute atomic E-state index is 3.50. The second-order valence-electron chi connectivity index (χ2n) is 6.14. The van der Waals surface area contributed by atoms with Gasteiger partial charge in [0.1, 0.15) is 0 Å². The van der Waals surface area contributed by atoms with E-state index in [0.29, 0.717) is 0 Å². The molecule has 96 valence electrons. The molecule has 1 aliphatic rings. The fraction of sp³-hybridized carbons (Fsp3) is 1.00. The van der Waals surface area contributed by atoms with Gasteiger partial charge in [0.2, 0.25) is 0 Å². The van der Waals surface area contributed by atoms with Gasteiger partial charge >= 0.3 is 0 Å². The van der Waals surface area contributed by atoms with Crippen molar-refractivity contribution in [2.45, 2.75) is 59.0 Å². The molecule has 2 atom stereocenters. The number of hydrogen-bond acceptors (Lipinski definition) is 2. The molecule has 0 aliphatic heterocycles. The highest BCUT2D eigenvalue weighted by atomic mass is 15.2. The lowest BCUT2D eigenvalue weighted by molar-refractivity contribution is 0.140. The van der Waals surface area contributed by atoms with Gasteiger partial charge in [0.15, 0.2) is 0 Å². The van der Waals surface area contributed by atoms with E-state index in [1.165, 1.54) is 32.4 Å². The maximum Gasteiger partial charge on any atom is 0.0249 e. The van der Waals surface area contributed by atoms with Crippen LogP contribution in [0.1, 0.15) is 47.0 Å². The lowest BCUT2D eigenvalue weighted by atomic mass is 10.1. The molecule has 1 N–H and O–H groups in total. The van der Waals surface area contributed by atoms with Crippen LogP contribution in [0.4, 0.5) is 0 Å². The molecule has 0 radical (unpaired) electrons. The number of hydrogen-bond donors (Lipinski definition) is 1. The van der Waals surface area contributed by atoms with Gasteiger partial charge in [-0.2, -0.15) is 0 Å². The summed E-state index contributed by atoms with van der Waals surface area (Å²) in [5.41, 5.74) is 0. The van der Waals surface area contributed by atoms with Crippen LogP contribution in [0.5, 0.6) is 0 Å². The second kappa shape index (κ2) is 6.61. The first-order valence-electron chi connectivity index (χ1n) is 6.96. The average Bonchev–Trinajstić information content (AvgIpc) is 2.62. The summed E-state index contributed by atoms with van der Waals surface area (Å²) in [6.45, 7) is 11.8. The van der Waals surface area contributed by atoms with Crippen molar-refractivity contribution < 1.29 is 0 Å². The van der Waals surface area contributed by atoms with Crippen LogP contribution < -0.4 is 5.32 Å². The van der Waals surface area contributed by atoms with Crippen molar-refractivity contribution >= 4 is 0 Å². The molecule has 0 heterocycles. The van der Waals surface area contributed by atoms with Crippen molar-refractivity contribution in [1.29, 1.82) is 0 Å². The van der Waals surface area contributed by atoms with E-state index in [4.69, 9.17) is 0 Å². The normalized spacial score (nSPS) is 26.2. The standard InChI is InChI=1S/C14H30N2/c1-11(2)9-16(10-12(3)4)14-8-6-7-13(14)15-5/h11-15H,6-10H2,1-5H3. The van der Waals surface area contributed by atoms with E-state index in [9.17, 15) is 0 Å². The van der Waals surface area contributed by atoms with E-state index in [1.807, 2.05) is 0 Å². The predicted molar refractivity (Wildman–Crippen MR) is 71.7 cm³/mol. The van der Waals surface area contributed by atoms with Crippen LogP contribution >= 0.6 is 0 Å². The molecule has 0 saturated heterocycles. The van der Waals surface area contributed by atoms with Gasteiger partial charge in [0.05, 0.1) is 0 Å². The molecule has 2 heteroatoms. The van der Waals surface area contributed by atoms with Gasteiger partial charge < -0.3 is 5.32 Å². The Hall–Kier alpha value is -0.0800. The number of nitrogens with one attached hydrogen (secondary N) is 1. The predicted octanol–water partition coefficient (Wildman–Crippen LogP) is 2.74. The SMILES string of the molecule is CNC1CCCC1N(CC(C)C)CC(C)C. The van der Waals surface area contributed by atoms with Crippen molar-refractivity contribution in [3.8, 4) is 0 Å². The number of nitrogens with zero attached hydrogens (tertiary/aromatic N) is 1. The molecule has 2 unspecified atom stereocenters. The summed E-state index contributed by atoms with van der Waals surface area (Å²) in [6, 6.07) is 1.49. The molecule has 0 aromatic rings. The van der Waals surface area contributed by atoms with Gasteiger partial charge in [-0.15, -0.1) is 0 Å². The van der Waals surface area contributed by atoms with E-state index in [2.05, 4.69) is 45.0 Å². The third-order valence-corrected chi connectivity index (χ3v) is 3.52. The van der Waals surface area contributed by atoms with E-state index in [1.54, 1.807) is 0 Å². The van der Waals surface area contributed by atoms with Gasteiger partial charge in [0.25, 0.3) is 0 Å². The third-order valence-electron chi connectivity index (χ3n) is 3.52. The minimum Gasteiger partial charge on any atom is -0.315 e. The van der Waals surface area contributed by atoms with Crippen molar-refractivity contribution in [3.63, 3.8) is 0 Å². The Kier molecular flexibility index (Phi) is 5.77. The summed E-state index contributed by atoms with van der Waals surface area (Å²) < 4.78 is 0. The summed E-state index contributed by atoms with van der Waals surface area (Å²) >= 11 is 0. The Morgan fingerprint density at radius 1 is 1.06 bits per heavy atom. The van der Waals surface area contributed by atoms with E-state index in [0.717, 1.165) is 23.9 Å². The Morgan fingerprint density at radius 2 is 1.62 bits per heavy atom. The molecule has 2 nitrogen and oxygen atoms in total. The highest BCUT2D eigenvalue weighted by Gasteiger charge is 2.31. The van der Waals surface area contributed by atoms with Gasteiger partial charge in [0, 0.05) is 25.2 Å². The van der Waals surface area contributed by atoms with E-state index >= 15 is 0 Å². The lowest BCUT2D eigenvalue weighted by Crippen LogP contribution is -2.48. The van der Waals surface area contributed by atoms with Crippen molar-refractivity contribution in [2.24, 2.45) is 11.8 Å². The highest BCUT2D eigenvalue weighted by molar-refractivity contribution is 4.90. The number of likely N-dealkylation sites (N-methyl/N-ethyl adjacent to an activating group) is 1. The van der Waals surface area contributed by atoms with Crippen LogP contribution in [0.15, 0.2) is 0 Å². The van der Waals surface area contributed by atoms with Crippen LogP contribution in [0.25, 0.3) is 0 Å². The Morgan fingerprint density at radius 3 is 2.06 bits per heavy atom. The Balaban J connectivity index is 2.59. The van der Waals surface area contributed by atoms with Gasteiger partial charge in [-0.3, -0.25) is 4.90 Å². The molecule has 0 aromatic carbocycles. The average molecular weight is 226 g/mol. The van der Waals surface area contributed by atoms with Crippen LogP contribution in [0.3, 0.4) is 0 Å². The molecule has 0 amide bonds. The third kappa shape index (κ3) is 4.06. The van der Waals surface area contributed by atoms with Crippen LogP contribution in [0.2, 0.25) is 0 Å². The minimum absolute atomic E-state index is 0.720. The van der Waals surface area contributed by atoms with Gasteiger partial charge in [-0.25, -0.2) is 0 Å². The first kappa shape index (κ1) is 14.0. The highest BCUT2D eigenvalue weighted by Crippen LogP contribution is 2.25. The van der Waals surface area contributed by atoms with Crippen LogP contribution in [0, 0.1) is 11.8 Å². The van der Waals surface area contributed by atoms with Crippen molar-refractivity contribution in [2.75, 3.05) is 20.1 Å². The monoisotopic (exact) mass is 226 g/mol. The fourth-order valence-electron chi connectivity index (χ4n) is 3.00. The molecule has 1 rings (SSSR count). The summed E-state index contributed by atoms with van der Waals surface area (Å²) in [7, 11) is 2.12. The smallest absolute Gasteiger partial charge is 0.0249 e. The number of rotatable bonds is 6. The summed E-state index contributed by atoms with van der Waals surface area (Å²) in [4.78, 5) is 2.73. The molecule has 0 aromatic heterocycles. The zero-order chi connectivity index (χ0) is 12.1. The molecule has 1 aliphatic carbocycles. The molecule has 0 spiro atoms. The second-order valence-corrected chi connectivity index (χ2v) is 6.14. The first-order chi connectivity index (χ1) is 7.54. The minimum atomic E-state index is 0.720. The van der Waals surface area contributed by atoms with Crippen LogP contribution in [-0.2, 0) is 0 Å². The summed E-state index contributed by atoms with van der Waals surface area (Å²) in [6.07, 6.45) is 4.13. The quantitative estimate of drug-likeness (QED) is 0.749. The zero-order valence-electron chi connectivity index (χ0n) is 11.8. The maximum atomic E-state index is 3.50. The first-order valence-corrected chi connectivity index (χ1v) is 6.96. The van der Waals surface area contributed by atoms with Crippen molar-refractivity contribution in [1.82, 2.24) is 10.2 Å². The molecule has 16 heavy (non-hydrogen) atoms. The van der Waals surface area contributed by atoms with Gasteiger partial charge in [-0.05, 0) is 31.7 Å². The summed E-state index contributed by atoms with van der Waals surface area (Å²) in [5.74, 6) is 1.55. The fourth-order valence-corrected chi connectivity index (χ4v) is 3.00. The van der Waals surface area contributed by atoms with Gasteiger partial charge in [-0.1, -0.05) is 34.1 Å². The molecular formula is C14H30N2. The Labute approximate surface area is 102 Å². The van der Waals surface area contributed by atoms with E-state index < -0.39 is 0 Å². The largest absolute Gasteiger partial charge is 0.315 e. The molecule has 1 fully saturated rings. The Bertz CT molecular complexity index is 179. The molecule has 1 saturated carbocycles. The molecule has 0 bridgehead atoms. The zero-order valence-corrected chi connectivity index (χ0v) is 11.8. The van der Waals surface area contributed by atoms with Crippen molar-refractivity contribution in [3.05, 3.63) is 0 Å². The topological polar surface area (TPSA) is 15.3 Å².